The molecule has 1 aromatic heterocycles. The van der Waals surface area contributed by atoms with Crippen LogP contribution in [0.3, 0.4) is 0 Å². The van der Waals surface area contributed by atoms with Crippen LogP contribution in [-0.2, 0) is 0 Å². The van der Waals surface area contributed by atoms with Gasteiger partial charge in [-0.3, -0.25) is 5.32 Å². The number of hydrogen-bond donors (Lipinski definition) is 2. The number of anilines is 2. The van der Waals surface area contributed by atoms with Crippen LogP contribution in [0.1, 0.15) is 6.92 Å². The molecule has 0 saturated carbocycles. The topological polar surface area (TPSA) is 81.7 Å². The number of para-hydroxylation sites is 1. The molecule has 0 radical (unpaired) electrons. The highest BCUT2D eigenvalue weighted by Crippen LogP contribution is 2.35. The number of nitrogens with zero attached hydrogens (tertiary/aromatic N) is 1. The standard InChI is InChI=1S/C20H21N3O4S/c1-4-27-14-10-8-13(9-11-14)16-12-28-20(22-16)23-19(24)21-15-6-5-7-17(25-2)18(15)26-3/h5-12H,4H2,1-3H3,(H2,21,22,23,24). The van der Waals surface area contributed by atoms with Crippen LogP contribution in [0.2, 0.25) is 0 Å². The number of hydrogen-bond acceptors (Lipinski definition) is 6. The van der Waals surface area contributed by atoms with Crippen molar-refractivity contribution in [2.75, 3.05) is 31.5 Å². The van der Waals surface area contributed by atoms with E-state index < -0.39 is 6.03 Å². The van der Waals surface area contributed by atoms with Gasteiger partial charge in [-0.1, -0.05) is 6.07 Å². The second-order valence-corrected chi connectivity index (χ2v) is 6.47. The van der Waals surface area contributed by atoms with Gasteiger partial charge >= 0.3 is 6.03 Å². The van der Waals surface area contributed by atoms with Crippen molar-refractivity contribution in [3.63, 3.8) is 0 Å². The lowest BCUT2D eigenvalue weighted by Gasteiger charge is -2.13. The fourth-order valence-corrected chi connectivity index (χ4v) is 3.30. The van der Waals surface area contributed by atoms with E-state index in [1.165, 1.54) is 18.4 Å². The minimum absolute atomic E-state index is 0.417. The Bertz CT molecular complexity index is 941. The van der Waals surface area contributed by atoms with Crippen molar-refractivity contribution in [1.29, 1.82) is 0 Å². The highest BCUT2D eigenvalue weighted by atomic mass is 32.1. The second-order valence-electron chi connectivity index (χ2n) is 5.62. The molecule has 2 aromatic carbocycles. The van der Waals surface area contributed by atoms with Gasteiger partial charge in [0.2, 0.25) is 0 Å². The normalized spacial score (nSPS) is 10.2. The maximum atomic E-state index is 12.3. The van der Waals surface area contributed by atoms with Crippen molar-refractivity contribution in [3.8, 4) is 28.5 Å². The Labute approximate surface area is 167 Å². The third kappa shape index (κ3) is 4.52. The molecule has 146 valence electrons. The van der Waals surface area contributed by atoms with Crippen molar-refractivity contribution in [2.24, 2.45) is 0 Å². The summed E-state index contributed by atoms with van der Waals surface area (Å²) in [4.78, 5) is 16.8. The van der Waals surface area contributed by atoms with Gasteiger partial charge in [0, 0.05) is 10.9 Å². The largest absolute Gasteiger partial charge is 0.494 e. The number of urea groups is 1. The van der Waals surface area contributed by atoms with Crippen molar-refractivity contribution in [3.05, 3.63) is 47.8 Å². The quantitative estimate of drug-likeness (QED) is 0.592. The van der Waals surface area contributed by atoms with Crippen LogP contribution >= 0.6 is 11.3 Å². The molecular weight excluding hydrogens is 378 g/mol. The van der Waals surface area contributed by atoms with E-state index in [0.717, 1.165) is 17.0 Å². The molecule has 28 heavy (non-hydrogen) atoms. The van der Waals surface area contributed by atoms with Crippen molar-refractivity contribution in [2.45, 2.75) is 6.92 Å². The fourth-order valence-electron chi connectivity index (χ4n) is 2.59. The number of methoxy groups -OCH3 is 2. The van der Waals surface area contributed by atoms with Gasteiger partial charge in [0.25, 0.3) is 0 Å². The van der Waals surface area contributed by atoms with E-state index in [9.17, 15) is 4.79 Å². The van der Waals surface area contributed by atoms with Gasteiger partial charge in [-0.2, -0.15) is 0 Å². The number of carbonyl (C=O) groups excluding carboxylic acids is 1. The van der Waals surface area contributed by atoms with E-state index in [0.29, 0.717) is 28.9 Å². The van der Waals surface area contributed by atoms with Gasteiger partial charge in [0.15, 0.2) is 16.6 Å². The first-order valence-electron chi connectivity index (χ1n) is 8.62. The molecule has 8 heteroatoms. The zero-order chi connectivity index (χ0) is 19.9. The van der Waals surface area contributed by atoms with Gasteiger partial charge in [0.05, 0.1) is 32.2 Å². The molecule has 2 N–H and O–H groups in total. The Morgan fingerprint density at radius 3 is 2.54 bits per heavy atom. The number of thiazole rings is 1. The van der Waals surface area contributed by atoms with Crippen LogP contribution in [0.25, 0.3) is 11.3 Å². The van der Waals surface area contributed by atoms with E-state index in [-0.39, 0.29) is 0 Å². The third-order valence-electron chi connectivity index (χ3n) is 3.84. The molecule has 0 saturated heterocycles. The number of carbonyl (C=O) groups is 1. The van der Waals surface area contributed by atoms with Crippen LogP contribution in [-0.4, -0.2) is 31.8 Å². The first-order valence-corrected chi connectivity index (χ1v) is 9.50. The number of benzene rings is 2. The lowest BCUT2D eigenvalue weighted by molar-refractivity contribution is 0.262. The fraction of sp³-hybridized carbons (Fsp3) is 0.200. The number of amides is 2. The Kier molecular flexibility index (Phi) is 6.33. The molecule has 0 aliphatic rings. The van der Waals surface area contributed by atoms with Crippen molar-refractivity contribution in [1.82, 2.24) is 4.98 Å². The van der Waals surface area contributed by atoms with Gasteiger partial charge in [-0.05, 0) is 43.3 Å². The first kappa shape index (κ1) is 19.5. The summed E-state index contributed by atoms with van der Waals surface area (Å²) in [6.45, 7) is 2.57. The molecule has 7 nitrogen and oxygen atoms in total. The highest BCUT2D eigenvalue weighted by Gasteiger charge is 2.13. The maximum absolute atomic E-state index is 12.3. The van der Waals surface area contributed by atoms with Crippen LogP contribution in [0.4, 0.5) is 15.6 Å². The summed E-state index contributed by atoms with van der Waals surface area (Å²) in [7, 11) is 3.06. The monoisotopic (exact) mass is 399 g/mol. The van der Waals surface area contributed by atoms with E-state index in [1.54, 1.807) is 25.3 Å². The number of rotatable bonds is 7. The van der Waals surface area contributed by atoms with Crippen LogP contribution in [0.5, 0.6) is 17.2 Å². The minimum atomic E-state index is -0.417. The smallest absolute Gasteiger partial charge is 0.325 e. The average molecular weight is 399 g/mol. The predicted molar refractivity (Wildman–Crippen MR) is 111 cm³/mol. The summed E-state index contributed by atoms with van der Waals surface area (Å²) in [6, 6.07) is 12.5. The summed E-state index contributed by atoms with van der Waals surface area (Å²) < 4.78 is 16.0. The van der Waals surface area contributed by atoms with E-state index >= 15 is 0 Å². The third-order valence-corrected chi connectivity index (χ3v) is 4.59. The van der Waals surface area contributed by atoms with Crippen LogP contribution in [0, 0.1) is 0 Å². The lowest BCUT2D eigenvalue weighted by Crippen LogP contribution is -2.19. The Balaban J connectivity index is 1.67. The van der Waals surface area contributed by atoms with Gasteiger partial charge in [-0.25, -0.2) is 9.78 Å². The molecule has 0 aliphatic carbocycles. The second kappa shape index (κ2) is 9.09. The van der Waals surface area contributed by atoms with E-state index in [4.69, 9.17) is 14.2 Å². The Hall–Kier alpha value is -3.26. The van der Waals surface area contributed by atoms with E-state index in [1.807, 2.05) is 36.6 Å². The first-order chi connectivity index (χ1) is 13.6. The molecule has 0 unspecified atom stereocenters. The number of aromatic nitrogens is 1. The van der Waals surface area contributed by atoms with Crippen molar-refractivity contribution >= 4 is 28.2 Å². The lowest BCUT2D eigenvalue weighted by atomic mass is 10.2. The molecule has 3 rings (SSSR count). The molecular formula is C20H21N3O4S. The molecule has 1 heterocycles. The molecule has 0 bridgehead atoms. The molecule has 0 fully saturated rings. The predicted octanol–water partition coefficient (Wildman–Crippen LogP) is 4.87. The zero-order valence-corrected chi connectivity index (χ0v) is 16.6. The molecule has 0 spiro atoms. The Morgan fingerprint density at radius 2 is 1.86 bits per heavy atom. The van der Waals surface area contributed by atoms with E-state index in [2.05, 4.69) is 15.6 Å². The summed E-state index contributed by atoms with van der Waals surface area (Å²) in [5, 5.41) is 7.86. The summed E-state index contributed by atoms with van der Waals surface area (Å²) in [5.41, 5.74) is 2.23. The summed E-state index contributed by atoms with van der Waals surface area (Å²) >= 11 is 1.35. The number of ether oxygens (including phenoxy) is 3. The Morgan fingerprint density at radius 1 is 1.07 bits per heavy atom. The van der Waals surface area contributed by atoms with Gasteiger partial charge < -0.3 is 19.5 Å². The molecule has 0 atom stereocenters. The highest BCUT2D eigenvalue weighted by molar-refractivity contribution is 7.14. The van der Waals surface area contributed by atoms with Crippen LogP contribution < -0.4 is 24.8 Å². The maximum Gasteiger partial charge on any atom is 0.325 e. The zero-order valence-electron chi connectivity index (χ0n) is 15.8. The molecule has 0 aliphatic heterocycles. The SMILES string of the molecule is CCOc1ccc(-c2csc(NC(=O)Nc3cccc(OC)c3OC)n2)cc1. The molecule has 2 amide bonds. The summed E-state index contributed by atoms with van der Waals surface area (Å²) in [5.74, 6) is 1.80. The summed E-state index contributed by atoms with van der Waals surface area (Å²) in [6.07, 6.45) is 0. The average Bonchev–Trinajstić information content (AvgIpc) is 3.16. The molecule has 3 aromatic rings. The van der Waals surface area contributed by atoms with Gasteiger partial charge in [0.1, 0.15) is 5.75 Å². The minimum Gasteiger partial charge on any atom is -0.494 e. The van der Waals surface area contributed by atoms with Crippen LogP contribution in [0.15, 0.2) is 47.8 Å². The number of nitrogens with one attached hydrogen (secondary N) is 2. The van der Waals surface area contributed by atoms with Crippen molar-refractivity contribution < 1.29 is 19.0 Å². The van der Waals surface area contributed by atoms with Gasteiger partial charge in [-0.15, -0.1) is 11.3 Å².